The average molecular weight is 1770 g/mol. The zero-order valence-electron chi connectivity index (χ0n) is 68.3. The Morgan fingerprint density at radius 1 is 0.434 bits per heavy atom. The first kappa shape index (κ1) is 101. The topological polar surface area (TPSA) is 359 Å². The molecule has 122 heavy (non-hydrogen) atoms. The van der Waals surface area contributed by atoms with Crippen LogP contribution in [0.5, 0.6) is 46.0 Å². The van der Waals surface area contributed by atoms with E-state index in [-0.39, 0.29) is 47.6 Å². The highest BCUT2D eigenvalue weighted by Gasteiger charge is 2.49. The van der Waals surface area contributed by atoms with Gasteiger partial charge in [0.15, 0.2) is 5.75 Å². The molecule has 9 aromatic carbocycles. The number of phenolic OH excluding ortho intramolecular Hbond substituents is 2. The van der Waals surface area contributed by atoms with Crippen molar-refractivity contribution in [1.29, 1.82) is 0 Å². The number of carbonyl (C=O) groups is 4. The van der Waals surface area contributed by atoms with Crippen molar-refractivity contribution in [1.82, 2.24) is 5.48 Å². The van der Waals surface area contributed by atoms with Crippen LogP contribution in [0.15, 0.2) is 267 Å². The van der Waals surface area contributed by atoms with E-state index < -0.39 is 52.0 Å². The van der Waals surface area contributed by atoms with Gasteiger partial charge in [0.2, 0.25) is 0 Å². The normalized spacial score (nSPS) is 10.6. The van der Waals surface area contributed by atoms with Gasteiger partial charge < -0.3 is 71.2 Å². The number of fused-ring (bicyclic) bond motifs is 2. The summed E-state index contributed by atoms with van der Waals surface area (Å²) in [5.74, 6) is 0.475. The molecule has 0 saturated heterocycles. The van der Waals surface area contributed by atoms with Crippen LogP contribution in [0.25, 0.3) is 68.5 Å². The van der Waals surface area contributed by atoms with Crippen molar-refractivity contribution in [3.63, 3.8) is 0 Å². The fourth-order valence-electron chi connectivity index (χ4n) is 9.90. The molecule has 25 nitrogen and oxygen atoms in total. The minimum absolute atomic E-state index is 0.0662. The van der Waals surface area contributed by atoms with Gasteiger partial charge in [0.05, 0.1) is 52.9 Å². The van der Waals surface area contributed by atoms with Crippen molar-refractivity contribution < 1.29 is 117 Å². The molecule has 2 aromatic heterocycles. The van der Waals surface area contributed by atoms with Crippen LogP contribution in [0.2, 0.25) is 0 Å². The molecule has 0 saturated carbocycles. The van der Waals surface area contributed by atoms with Gasteiger partial charge in [-0.05, 0) is 203 Å². The van der Waals surface area contributed by atoms with Gasteiger partial charge >= 0.3 is 51.9 Å². The Morgan fingerprint density at radius 2 is 0.779 bits per heavy atom. The molecule has 2 heterocycles. The number of nitrogens with one attached hydrogen (secondary N) is 1. The number of hydrogen-bond acceptors (Lipinski definition) is 24. The van der Waals surface area contributed by atoms with E-state index in [9.17, 15) is 55.5 Å². The third kappa shape index (κ3) is 37.4. The number of alkyl halides is 4. The lowest BCUT2D eigenvalue weighted by Gasteiger charge is -2.13. The summed E-state index contributed by atoms with van der Waals surface area (Å²) in [6, 6.07) is 64.8. The fraction of sp³-hybridized carbons (Fsp3) is 0.209. The summed E-state index contributed by atoms with van der Waals surface area (Å²) in [6.45, 7) is 19.8. The van der Waals surface area contributed by atoms with Crippen molar-refractivity contribution in [2.24, 2.45) is 0 Å². The van der Waals surface area contributed by atoms with E-state index >= 15 is 0 Å². The van der Waals surface area contributed by atoms with Gasteiger partial charge in [0.1, 0.15) is 51.4 Å². The Morgan fingerprint density at radius 3 is 1.17 bits per heavy atom. The van der Waals surface area contributed by atoms with Gasteiger partial charge in [-0.3, -0.25) is 10.0 Å². The summed E-state index contributed by atoms with van der Waals surface area (Å²) in [7, 11) is -7.20. The van der Waals surface area contributed by atoms with Crippen LogP contribution in [0.4, 0.5) is 13.2 Å². The first-order valence-electron chi connectivity index (χ1n) is 37.9. The maximum absolute atomic E-state index is 12.5. The average Bonchev–Trinajstić information content (AvgIpc) is 0.790. The maximum atomic E-state index is 12.5. The van der Waals surface area contributed by atoms with E-state index in [1.165, 1.54) is 60.7 Å². The molecule has 11 rings (SSSR count). The molecule has 31 heteroatoms. The molecule has 1 amide bonds. The molecule has 0 spiro atoms. The highest BCUT2D eigenvalue weighted by atomic mass is 79.9. The summed E-state index contributed by atoms with van der Waals surface area (Å²) >= 11 is 3.15. The van der Waals surface area contributed by atoms with Crippen LogP contribution >= 0.6 is 15.9 Å². The van der Waals surface area contributed by atoms with Crippen LogP contribution in [-0.4, -0.2) is 129 Å². The third-order valence-electron chi connectivity index (χ3n) is 15.1. The summed E-state index contributed by atoms with van der Waals surface area (Å²) < 4.78 is 115. The second kappa shape index (κ2) is 55.5. The highest BCUT2D eigenvalue weighted by molar-refractivity contribution is 9.09. The van der Waals surface area contributed by atoms with Gasteiger partial charge in [-0.25, -0.2) is 29.5 Å². The Labute approximate surface area is 713 Å². The summed E-state index contributed by atoms with van der Waals surface area (Å²) in [6.07, 6.45) is 11.0. The Bertz CT molecular complexity index is 5420. The molecule has 0 aliphatic rings. The quantitative estimate of drug-likeness (QED) is 0.00280. The highest BCUT2D eigenvalue weighted by Crippen LogP contribution is 2.34. The lowest BCUT2D eigenvalue weighted by atomic mass is 9.81. The molecular formula is C91H96BBrF3NO24S. The van der Waals surface area contributed by atoms with E-state index in [2.05, 4.69) is 24.8 Å². The monoisotopic (exact) mass is 1770 g/mol. The number of esters is 3. The standard InChI is InChI=1S/C19H20O3.C17H17NO3.C14H15F3O6S.C13H16O4.C11H10O3.C9H6O3.C6H7BO2.C2H5Br/c1-3-21-17-12-10-16(11-13-19(20)22-4-2)18(14-17)15-8-6-5-7-9-15;1-2-21-15-10-8-14(9-11-17(19)18-20)16(12-15)13-6-4-3-5-7-13;1-3-21-11-7-5-10(6-8-13(18)22-4-2)12(9-11)23-24(19,20)14(15,16)17;1-3-16-11-7-5-10(12(14)9-11)6-8-13(15)17-4-2;1-2-13-9-5-3-8-4-6-11(12)14-10(8)7-9;10-7-3-1-6-2-4-9(11)12-8(6)5-7;8-7(9)6-4-2-1-3-5-6;1-2-3/h5-14H,3-4H2,1-2H3;3-12,20H,2H2,1H3,(H,18,19);5-9H,3-4H2,1-2H3;5-9,14H,3-4H2,1-2H3;3-7H,2H2,1H3;1-5,10H;1-5,8-9H;2H2,1H3/b13-11+;11-9+;2*8-6+;;;;. The molecule has 0 radical (unpaired) electrons. The molecule has 0 aliphatic carbocycles. The SMILES string of the molecule is CCBr.CCOC(=O)/C=C/c1ccc(OCC)cc1-c1ccccc1.CCOC(=O)/C=C/c1ccc(OCC)cc1O.CCOC(=O)/C=C/c1ccc(OCC)cc1OS(=O)(=O)C(F)(F)F.CCOc1ccc(/C=C/C(=O)NO)c(-c2ccccc2)c1.CCOc1ccc2ccc(=O)oc2c1.O=c1ccc2ccc(O)cc2o1.OB(O)c1ccccc1. The van der Waals surface area contributed by atoms with E-state index in [1.54, 1.807) is 112 Å². The Hall–Kier alpha value is -13.2. The van der Waals surface area contributed by atoms with E-state index in [0.29, 0.717) is 73.3 Å². The molecule has 0 aliphatic heterocycles. The van der Waals surface area contributed by atoms with Gasteiger partial charge in [0, 0.05) is 87.9 Å². The number of ether oxygens (including phenoxy) is 8. The van der Waals surface area contributed by atoms with Crippen LogP contribution in [-0.2, 0) is 43.5 Å². The minimum Gasteiger partial charge on any atom is -0.508 e. The summed E-state index contributed by atoms with van der Waals surface area (Å²) in [5.41, 5.74) is 3.11. The van der Waals surface area contributed by atoms with Gasteiger partial charge in [0.25, 0.3) is 5.91 Å². The number of hydrogen-bond donors (Lipinski definition) is 6. The molecule has 0 fully saturated rings. The molecule has 0 atom stereocenters. The molecule has 6 N–H and O–H groups in total. The van der Waals surface area contributed by atoms with E-state index in [4.69, 9.17) is 62.4 Å². The number of rotatable bonds is 26. The number of hydroxylamine groups is 1. The minimum atomic E-state index is -5.86. The second-order valence-electron chi connectivity index (χ2n) is 23.8. The van der Waals surface area contributed by atoms with Crippen LogP contribution < -0.4 is 50.1 Å². The van der Waals surface area contributed by atoms with Crippen molar-refractivity contribution >= 4 is 109 Å². The fourth-order valence-corrected chi connectivity index (χ4v) is 10.4. The van der Waals surface area contributed by atoms with Crippen molar-refractivity contribution in [2.45, 2.75) is 67.8 Å². The molecule has 0 bridgehead atoms. The number of amides is 1. The van der Waals surface area contributed by atoms with Crippen LogP contribution in [0.3, 0.4) is 0 Å². The summed E-state index contributed by atoms with van der Waals surface area (Å²) in [5, 5.41) is 47.2. The predicted molar refractivity (Wildman–Crippen MR) is 468 cm³/mol. The lowest BCUT2D eigenvalue weighted by molar-refractivity contribution is -0.138. The predicted octanol–water partition coefficient (Wildman–Crippen LogP) is 17.3. The zero-order chi connectivity index (χ0) is 89.8. The molecule has 0 unspecified atom stereocenters. The molecule has 646 valence electrons. The number of halogens is 4. The summed E-state index contributed by atoms with van der Waals surface area (Å²) in [4.78, 5) is 66.7. The van der Waals surface area contributed by atoms with Crippen molar-refractivity contribution in [2.75, 3.05) is 58.2 Å². The smallest absolute Gasteiger partial charge is 0.508 e. The molecule has 11 aromatic rings. The van der Waals surface area contributed by atoms with Crippen LogP contribution in [0.1, 0.15) is 84.6 Å². The largest absolute Gasteiger partial charge is 0.534 e. The third-order valence-corrected chi connectivity index (χ3v) is 16.1. The second-order valence-corrected chi connectivity index (χ2v) is 26.5. The maximum Gasteiger partial charge on any atom is 0.534 e. The first-order chi connectivity index (χ1) is 58.5. The Balaban J connectivity index is 0.000000302. The van der Waals surface area contributed by atoms with Gasteiger partial charge in [-0.15, -0.1) is 0 Å². The number of phenols is 2. The number of carbonyl (C=O) groups excluding carboxylic acids is 4. The van der Waals surface area contributed by atoms with Gasteiger partial charge in [-0.1, -0.05) is 126 Å². The number of aromatic hydroxyl groups is 2. The van der Waals surface area contributed by atoms with Crippen molar-refractivity contribution in [3.8, 4) is 68.2 Å². The first-order valence-corrected chi connectivity index (χ1v) is 40.5. The van der Waals surface area contributed by atoms with E-state index in [1.807, 2.05) is 150 Å². The van der Waals surface area contributed by atoms with Gasteiger partial charge in [-0.2, -0.15) is 21.6 Å². The van der Waals surface area contributed by atoms with Crippen LogP contribution in [0, 0.1) is 0 Å². The zero-order valence-corrected chi connectivity index (χ0v) is 70.7. The molecular weight excluding hydrogens is 1670 g/mol. The number of benzene rings is 9. The van der Waals surface area contributed by atoms with E-state index in [0.717, 1.165) is 79.2 Å². The van der Waals surface area contributed by atoms with Crippen molar-refractivity contribution in [3.05, 3.63) is 292 Å². The lowest BCUT2D eigenvalue weighted by Crippen LogP contribution is -2.29. The Kier molecular flexibility index (Phi) is 46.1.